The summed E-state index contributed by atoms with van der Waals surface area (Å²) in [4.78, 5) is 2.35. The number of halogens is 1. The van der Waals surface area contributed by atoms with E-state index < -0.39 is 0 Å². The third-order valence-corrected chi connectivity index (χ3v) is 3.50. The van der Waals surface area contributed by atoms with Crippen molar-refractivity contribution >= 4 is 22.6 Å². The minimum atomic E-state index is 0.404. The molecule has 0 saturated carbocycles. The molecule has 3 heteroatoms. The van der Waals surface area contributed by atoms with Crippen LogP contribution in [-0.4, -0.2) is 31.1 Å². The van der Waals surface area contributed by atoms with Crippen molar-refractivity contribution in [1.29, 1.82) is 0 Å². The molecule has 2 rings (SSSR count). The number of rotatable bonds is 2. The highest BCUT2D eigenvalue weighted by Crippen LogP contribution is 2.19. The molecular formula is C12H16INO. The SMILES string of the molecule is CN1CCC(Oc2ccc(I)cc2)CC1. The van der Waals surface area contributed by atoms with Crippen LogP contribution < -0.4 is 4.74 Å². The Bertz CT molecular complexity index is 304. The molecule has 0 unspecified atom stereocenters. The highest BCUT2D eigenvalue weighted by Gasteiger charge is 2.17. The summed E-state index contributed by atoms with van der Waals surface area (Å²) in [5.74, 6) is 1.00. The molecule has 0 aromatic heterocycles. The van der Waals surface area contributed by atoms with E-state index in [0.29, 0.717) is 6.10 Å². The summed E-state index contributed by atoms with van der Waals surface area (Å²) in [6, 6.07) is 8.29. The number of hydrogen-bond acceptors (Lipinski definition) is 2. The topological polar surface area (TPSA) is 12.5 Å². The van der Waals surface area contributed by atoms with Gasteiger partial charge in [0, 0.05) is 16.7 Å². The quantitative estimate of drug-likeness (QED) is 0.778. The molecule has 1 aliphatic rings. The van der Waals surface area contributed by atoms with Crippen molar-refractivity contribution in [3.63, 3.8) is 0 Å². The van der Waals surface area contributed by atoms with Crippen LogP contribution in [0, 0.1) is 3.57 Å². The highest BCUT2D eigenvalue weighted by molar-refractivity contribution is 14.1. The first-order valence-corrected chi connectivity index (χ1v) is 6.43. The van der Waals surface area contributed by atoms with Gasteiger partial charge in [0.2, 0.25) is 0 Å². The van der Waals surface area contributed by atoms with Crippen LogP contribution >= 0.6 is 22.6 Å². The number of piperidine rings is 1. The summed E-state index contributed by atoms with van der Waals surface area (Å²) in [7, 11) is 2.17. The monoisotopic (exact) mass is 317 g/mol. The minimum Gasteiger partial charge on any atom is -0.490 e. The van der Waals surface area contributed by atoms with E-state index in [9.17, 15) is 0 Å². The average Bonchev–Trinajstić information content (AvgIpc) is 2.25. The molecule has 1 aromatic rings. The fourth-order valence-electron chi connectivity index (χ4n) is 1.81. The van der Waals surface area contributed by atoms with E-state index in [-0.39, 0.29) is 0 Å². The first-order valence-electron chi connectivity index (χ1n) is 5.35. The van der Waals surface area contributed by atoms with E-state index in [0.717, 1.165) is 31.7 Å². The lowest BCUT2D eigenvalue weighted by molar-refractivity contribution is 0.114. The predicted octanol–water partition coefficient (Wildman–Crippen LogP) is 2.76. The summed E-state index contributed by atoms with van der Waals surface area (Å²) in [5, 5.41) is 0. The van der Waals surface area contributed by atoms with Crippen LogP contribution in [0.2, 0.25) is 0 Å². The van der Waals surface area contributed by atoms with Gasteiger partial charge in [0.25, 0.3) is 0 Å². The third kappa shape index (κ3) is 3.34. The van der Waals surface area contributed by atoms with Crippen molar-refractivity contribution in [1.82, 2.24) is 4.90 Å². The van der Waals surface area contributed by atoms with Crippen LogP contribution in [0.5, 0.6) is 5.75 Å². The number of benzene rings is 1. The first-order chi connectivity index (χ1) is 7.24. The van der Waals surface area contributed by atoms with Gasteiger partial charge in [-0.25, -0.2) is 0 Å². The Morgan fingerprint density at radius 1 is 1.20 bits per heavy atom. The van der Waals surface area contributed by atoms with E-state index in [2.05, 4.69) is 58.8 Å². The normalized spacial score (nSPS) is 19.1. The summed E-state index contributed by atoms with van der Waals surface area (Å²) < 4.78 is 7.18. The van der Waals surface area contributed by atoms with Crippen molar-refractivity contribution in [3.8, 4) is 5.75 Å². The second kappa shape index (κ2) is 5.16. The van der Waals surface area contributed by atoms with Gasteiger partial charge in [0.15, 0.2) is 0 Å². The summed E-state index contributed by atoms with van der Waals surface area (Å²) >= 11 is 2.31. The lowest BCUT2D eigenvalue weighted by Crippen LogP contribution is -2.35. The third-order valence-electron chi connectivity index (χ3n) is 2.78. The molecule has 2 nitrogen and oxygen atoms in total. The van der Waals surface area contributed by atoms with Gasteiger partial charge in [-0.15, -0.1) is 0 Å². The van der Waals surface area contributed by atoms with Crippen LogP contribution in [-0.2, 0) is 0 Å². The van der Waals surface area contributed by atoms with E-state index >= 15 is 0 Å². The predicted molar refractivity (Wildman–Crippen MR) is 70.3 cm³/mol. The Morgan fingerprint density at radius 2 is 1.80 bits per heavy atom. The molecule has 82 valence electrons. The Hall–Kier alpha value is -0.290. The fourth-order valence-corrected chi connectivity index (χ4v) is 2.17. The molecule has 1 saturated heterocycles. The first kappa shape index (κ1) is 11.2. The molecule has 15 heavy (non-hydrogen) atoms. The molecule has 1 aromatic carbocycles. The van der Waals surface area contributed by atoms with Crippen LogP contribution in [0.4, 0.5) is 0 Å². The average molecular weight is 317 g/mol. The van der Waals surface area contributed by atoms with E-state index in [1.807, 2.05) is 0 Å². The molecule has 1 aliphatic heterocycles. The number of ether oxygens (including phenoxy) is 1. The van der Waals surface area contributed by atoms with Crippen molar-refractivity contribution in [2.24, 2.45) is 0 Å². The van der Waals surface area contributed by atoms with Gasteiger partial charge >= 0.3 is 0 Å². The second-order valence-electron chi connectivity index (χ2n) is 4.07. The Morgan fingerprint density at radius 3 is 2.40 bits per heavy atom. The maximum atomic E-state index is 5.93. The zero-order chi connectivity index (χ0) is 10.7. The standard InChI is InChI=1S/C12H16INO/c1-14-8-6-12(7-9-14)15-11-4-2-10(13)3-5-11/h2-5,12H,6-9H2,1H3. The molecular weight excluding hydrogens is 301 g/mol. The van der Waals surface area contributed by atoms with Gasteiger partial charge in [-0.1, -0.05) is 0 Å². The van der Waals surface area contributed by atoms with Crippen LogP contribution in [0.25, 0.3) is 0 Å². The van der Waals surface area contributed by atoms with Gasteiger partial charge in [-0.05, 0) is 66.7 Å². The molecule has 0 N–H and O–H groups in total. The van der Waals surface area contributed by atoms with Crippen molar-refractivity contribution in [3.05, 3.63) is 27.8 Å². The summed E-state index contributed by atoms with van der Waals surface area (Å²) in [5.41, 5.74) is 0. The van der Waals surface area contributed by atoms with E-state index in [4.69, 9.17) is 4.74 Å². The second-order valence-corrected chi connectivity index (χ2v) is 5.32. The Kier molecular flexibility index (Phi) is 3.86. The van der Waals surface area contributed by atoms with Crippen molar-refractivity contribution in [2.75, 3.05) is 20.1 Å². The van der Waals surface area contributed by atoms with E-state index in [1.165, 1.54) is 3.57 Å². The molecule has 0 amide bonds. The molecule has 0 spiro atoms. The molecule has 0 atom stereocenters. The zero-order valence-electron chi connectivity index (χ0n) is 8.95. The Balaban J connectivity index is 1.89. The minimum absolute atomic E-state index is 0.404. The van der Waals surface area contributed by atoms with Gasteiger partial charge < -0.3 is 9.64 Å². The van der Waals surface area contributed by atoms with E-state index in [1.54, 1.807) is 0 Å². The fraction of sp³-hybridized carbons (Fsp3) is 0.500. The van der Waals surface area contributed by atoms with Crippen LogP contribution in [0.15, 0.2) is 24.3 Å². The van der Waals surface area contributed by atoms with Crippen molar-refractivity contribution < 1.29 is 4.74 Å². The van der Waals surface area contributed by atoms with Gasteiger partial charge in [-0.2, -0.15) is 0 Å². The zero-order valence-corrected chi connectivity index (χ0v) is 11.1. The molecule has 0 bridgehead atoms. The smallest absolute Gasteiger partial charge is 0.119 e. The number of nitrogens with zero attached hydrogens (tertiary/aromatic N) is 1. The van der Waals surface area contributed by atoms with Crippen molar-refractivity contribution in [2.45, 2.75) is 18.9 Å². The highest BCUT2D eigenvalue weighted by atomic mass is 127. The maximum absolute atomic E-state index is 5.93. The molecule has 0 radical (unpaired) electrons. The largest absolute Gasteiger partial charge is 0.490 e. The summed E-state index contributed by atoms with van der Waals surface area (Å²) in [6.45, 7) is 2.30. The maximum Gasteiger partial charge on any atom is 0.119 e. The van der Waals surface area contributed by atoms with Crippen LogP contribution in [0.1, 0.15) is 12.8 Å². The number of hydrogen-bond donors (Lipinski definition) is 0. The van der Waals surface area contributed by atoms with Gasteiger partial charge in [-0.3, -0.25) is 0 Å². The van der Waals surface area contributed by atoms with Crippen LogP contribution in [0.3, 0.4) is 0 Å². The Labute approximate surface area is 105 Å². The summed E-state index contributed by atoms with van der Waals surface area (Å²) in [6.07, 6.45) is 2.69. The molecule has 1 heterocycles. The molecule has 1 fully saturated rings. The number of likely N-dealkylation sites (tertiary alicyclic amines) is 1. The molecule has 0 aliphatic carbocycles. The van der Waals surface area contributed by atoms with Gasteiger partial charge in [0.05, 0.1) is 0 Å². The van der Waals surface area contributed by atoms with Gasteiger partial charge in [0.1, 0.15) is 11.9 Å². The lowest BCUT2D eigenvalue weighted by atomic mass is 10.1. The lowest BCUT2D eigenvalue weighted by Gasteiger charge is -2.29.